The fourth-order valence-corrected chi connectivity index (χ4v) is 6.98. The van der Waals surface area contributed by atoms with E-state index in [2.05, 4.69) is 0 Å². The van der Waals surface area contributed by atoms with Crippen molar-refractivity contribution in [2.45, 2.75) is 61.9 Å². The molecule has 8 atom stereocenters. The molecule has 15 heteroatoms. The van der Waals surface area contributed by atoms with Gasteiger partial charge in [-0.05, 0) is 36.9 Å². The molecule has 15 nitrogen and oxygen atoms in total. The quantitative estimate of drug-likeness (QED) is 0.265. The van der Waals surface area contributed by atoms with Gasteiger partial charge in [-0.1, -0.05) is 0 Å². The molecule has 3 aliphatic rings. The second-order valence-electron chi connectivity index (χ2n) is 11.4. The molecule has 0 bridgehead atoms. The highest BCUT2D eigenvalue weighted by atomic mass is 16.7. The zero-order chi connectivity index (χ0) is 34.7. The Balaban J connectivity index is 1.75. The lowest BCUT2D eigenvalue weighted by Gasteiger charge is -2.49. The van der Waals surface area contributed by atoms with Gasteiger partial charge in [-0.2, -0.15) is 0 Å². The number of rotatable bonds is 8. The number of carbonyl (C=O) groups is 4. The van der Waals surface area contributed by atoms with Crippen molar-refractivity contribution in [2.24, 2.45) is 0 Å². The Bertz CT molecular complexity index is 1700. The number of aryl methyl sites for hydroxylation is 1. The molecule has 2 aromatic carbocycles. The maximum absolute atomic E-state index is 14.1. The van der Waals surface area contributed by atoms with Crippen LogP contribution in [-0.2, 0) is 38.0 Å². The number of fused-ring (bicyclic) bond motifs is 3. The maximum Gasteiger partial charge on any atom is 0.341 e. The van der Waals surface area contributed by atoms with E-state index in [-0.39, 0.29) is 27.6 Å². The largest absolute Gasteiger partial charge is 0.507 e. The van der Waals surface area contributed by atoms with E-state index in [1.165, 1.54) is 40.4 Å². The van der Waals surface area contributed by atoms with Crippen molar-refractivity contribution < 1.29 is 72.4 Å². The molecule has 5 rings (SSSR count). The molecular formula is C32H36O15. The van der Waals surface area contributed by atoms with Crippen LogP contribution in [0, 0.1) is 6.92 Å². The second kappa shape index (κ2) is 12.2. The molecule has 0 unspecified atom stereocenters. The minimum atomic E-state index is -3.17. The summed E-state index contributed by atoms with van der Waals surface area (Å²) in [4.78, 5) is 54.8. The summed E-state index contributed by atoms with van der Waals surface area (Å²) in [6.07, 6.45) is -5.21. The van der Waals surface area contributed by atoms with E-state index in [4.69, 9.17) is 37.9 Å². The summed E-state index contributed by atoms with van der Waals surface area (Å²) in [5, 5.41) is 34.5. The monoisotopic (exact) mass is 660 g/mol. The minimum Gasteiger partial charge on any atom is -0.507 e. The van der Waals surface area contributed by atoms with Gasteiger partial charge in [0.05, 0.1) is 25.9 Å². The summed E-state index contributed by atoms with van der Waals surface area (Å²) in [5.41, 5.74) is -7.41. The summed E-state index contributed by atoms with van der Waals surface area (Å²) >= 11 is 0. The topological polar surface area (TPSA) is 203 Å². The minimum absolute atomic E-state index is 0.0679. The Morgan fingerprint density at radius 1 is 0.936 bits per heavy atom. The van der Waals surface area contributed by atoms with Gasteiger partial charge in [0.15, 0.2) is 6.10 Å². The number of hydrogen-bond acceptors (Lipinski definition) is 15. The molecule has 0 amide bonds. The highest BCUT2D eigenvalue weighted by molar-refractivity contribution is 6.35. The third kappa shape index (κ3) is 4.53. The number of ketones is 3. The number of aliphatic hydroxyl groups excluding tert-OH is 1. The van der Waals surface area contributed by atoms with Crippen molar-refractivity contribution in [1.82, 2.24) is 0 Å². The van der Waals surface area contributed by atoms with Crippen molar-refractivity contribution in [3.63, 3.8) is 0 Å². The molecule has 0 saturated carbocycles. The lowest BCUT2D eigenvalue weighted by atomic mass is 9.60. The molecule has 0 aromatic heterocycles. The summed E-state index contributed by atoms with van der Waals surface area (Å²) in [7, 11) is 7.52. The highest BCUT2D eigenvalue weighted by Crippen LogP contribution is 2.50. The normalized spacial score (nSPS) is 32.0. The first-order valence-electron chi connectivity index (χ1n) is 14.4. The summed E-state index contributed by atoms with van der Waals surface area (Å²) in [6, 6.07) is 2.48. The summed E-state index contributed by atoms with van der Waals surface area (Å²) in [6.45, 7) is 3.19. The van der Waals surface area contributed by atoms with Crippen molar-refractivity contribution >= 4 is 34.1 Å². The van der Waals surface area contributed by atoms with Crippen LogP contribution >= 0.6 is 0 Å². The van der Waals surface area contributed by atoms with Crippen molar-refractivity contribution in [2.75, 3.05) is 42.7 Å². The smallest absolute Gasteiger partial charge is 0.341 e. The molecule has 1 saturated heterocycles. The number of phenolic OH excluding ortho intramolecular Hbond substituents is 1. The number of esters is 1. The van der Waals surface area contributed by atoms with Crippen molar-refractivity contribution in [3.8, 4) is 11.5 Å². The van der Waals surface area contributed by atoms with Crippen LogP contribution in [0.15, 0.2) is 24.0 Å². The van der Waals surface area contributed by atoms with Crippen LogP contribution in [0.4, 0.5) is 0 Å². The van der Waals surface area contributed by atoms with E-state index in [9.17, 15) is 34.5 Å². The maximum atomic E-state index is 14.1. The number of Topliss-reactive ketones (excluding diaryl/α,β-unsaturated/α-hetero) is 2. The number of aliphatic hydroxyl groups is 2. The zero-order valence-electron chi connectivity index (χ0n) is 26.9. The van der Waals surface area contributed by atoms with Crippen molar-refractivity contribution in [3.05, 3.63) is 46.2 Å². The number of carbonyl (C=O) groups excluding carboxylic acids is 4. The van der Waals surface area contributed by atoms with Crippen LogP contribution in [0.2, 0.25) is 0 Å². The molecule has 0 spiro atoms. The van der Waals surface area contributed by atoms with Gasteiger partial charge in [-0.3, -0.25) is 14.4 Å². The van der Waals surface area contributed by atoms with E-state index in [1.54, 1.807) is 6.92 Å². The number of ether oxygens (including phenoxy) is 8. The lowest BCUT2D eigenvalue weighted by molar-refractivity contribution is -0.282. The number of benzene rings is 2. The van der Waals surface area contributed by atoms with Gasteiger partial charge in [-0.15, -0.1) is 0 Å². The van der Waals surface area contributed by atoms with Crippen LogP contribution in [0.1, 0.15) is 43.6 Å². The van der Waals surface area contributed by atoms with Crippen LogP contribution in [0.25, 0.3) is 10.8 Å². The standard InChI is InChI=1S/C32H36O15/c1-12-19-14(10-16(20(12)29(38)44-7)47-30-25(43-6)24(42-5)23(41-4)13(2)46-30)9-15-21(22(19)34)28(37)32(45-8)18(33)11-17(40-3)27(36)31(32,39)26(15)35/h9-11,13,23-25,27,30,34,36,39H,1-8H3/t13-,23-,24+,25-,27+,30-,31+,32+/m0/s1. The first-order valence-corrected chi connectivity index (χ1v) is 14.4. The Morgan fingerprint density at radius 3 is 2.13 bits per heavy atom. The Labute approximate surface area is 268 Å². The molecule has 1 fully saturated rings. The number of methoxy groups -OCH3 is 6. The van der Waals surface area contributed by atoms with Gasteiger partial charge in [0.1, 0.15) is 41.1 Å². The highest BCUT2D eigenvalue weighted by Gasteiger charge is 2.74. The second-order valence-corrected chi connectivity index (χ2v) is 11.4. The molecule has 254 valence electrons. The Hall–Kier alpha value is -3.96. The number of hydrogen-bond donors (Lipinski definition) is 3. The van der Waals surface area contributed by atoms with Crippen molar-refractivity contribution in [1.29, 1.82) is 0 Å². The van der Waals surface area contributed by atoms with Gasteiger partial charge in [-0.25, -0.2) is 4.79 Å². The fraction of sp³-hybridized carbons (Fsp3) is 0.500. The Morgan fingerprint density at radius 2 is 1.57 bits per heavy atom. The van der Waals surface area contributed by atoms with Crippen LogP contribution in [0.3, 0.4) is 0 Å². The SMILES string of the molecule is COC(=O)c1c(O[C@@H]2O[C@@H](C)[C@H](OC)[C@@H](OC)[C@@H]2OC)cc2cc3c(c(O)c2c1C)C(=O)[C@]1(OC)C(=O)C=C(OC)[C@@H](O)[C@]1(O)C3=O. The third-order valence-corrected chi connectivity index (χ3v) is 9.29. The zero-order valence-corrected chi connectivity index (χ0v) is 26.9. The molecule has 2 aliphatic carbocycles. The summed E-state index contributed by atoms with van der Waals surface area (Å²) < 4.78 is 44.4. The van der Waals surface area contributed by atoms with Crippen LogP contribution < -0.4 is 4.74 Å². The first kappa shape index (κ1) is 34.4. The van der Waals surface area contributed by atoms with E-state index in [0.717, 1.165) is 27.4 Å². The third-order valence-electron chi connectivity index (χ3n) is 9.29. The Kier molecular flexibility index (Phi) is 8.96. The van der Waals surface area contributed by atoms with E-state index in [1.807, 2.05) is 0 Å². The van der Waals surface area contributed by atoms with Gasteiger partial charge in [0.25, 0.3) is 0 Å². The predicted molar refractivity (Wildman–Crippen MR) is 158 cm³/mol. The predicted octanol–water partition coefficient (Wildman–Crippen LogP) is 0.778. The van der Waals surface area contributed by atoms with E-state index >= 15 is 0 Å². The summed E-state index contributed by atoms with van der Waals surface area (Å²) in [5.74, 6) is -6.03. The molecule has 1 aliphatic heterocycles. The van der Waals surface area contributed by atoms with Gasteiger partial charge < -0.3 is 53.2 Å². The lowest BCUT2D eigenvalue weighted by Crippen LogP contribution is -2.77. The van der Waals surface area contributed by atoms with Gasteiger partial charge in [0, 0.05) is 45.5 Å². The van der Waals surface area contributed by atoms with Gasteiger partial charge >= 0.3 is 5.97 Å². The molecule has 3 N–H and O–H groups in total. The van der Waals surface area contributed by atoms with Gasteiger partial charge in [0.2, 0.25) is 34.8 Å². The first-order chi connectivity index (χ1) is 22.2. The fourth-order valence-electron chi connectivity index (χ4n) is 6.98. The average molecular weight is 661 g/mol. The van der Waals surface area contributed by atoms with Crippen LogP contribution in [0.5, 0.6) is 11.5 Å². The van der Waals surface area contributed by atoms with E-state index in [0.29, 0.717) is 0 Å². The molecule has 47 heavy (non-hydrogen) atoms. The van der Waals surface area contributed by atoms with E-state index < -0.39 is 94.0 Å². The molecule has 1 heterocycles. The number of phenols is 1. The van der Waals surface area contributed by atoms with Crippen LogP contribution in [-0.4, -0.2) is 129 Å². The number of aromatic hydroxyl groups is 1. The average Bonchev–Trinajstić information content (AvgIpc) is 3.04. The molecule has 0 radical (unpaired) electrons. The molecular weight excluding hydrogens is 624 g/mol. The molecule has 2 aromatic rings.